The second-order valence-electron chi connectivity index (χ2n) is 4.07. The molecule has 0 aliphatic carbocycles. The van der Waals surface area contributed by atoms with Crippen LogP contribution in [0.25, 0.3) is 0 Å². The molecule has 0 unspecified atom stereocenters. The number of rotatable bonds is 3. The lowest BCUT2D eigenvalue weighted by atomic mass is 10.2. The van der Waals surface area contributed by atoms with Gasteiger partial charge in [0.15, 0.2) is 0 Å². The summed E-state index contributed by atoms with van der Waals surface area (Å²) in [5.41, 5.74) is 2.56. The van der Waals surface area contributed by atoms with E-state index < -0.39 is 0 Å². The zero-order valence-corrected chi connectivity index (χ0v) is 12.0. The highest BCUT2D eigenvalue weighted by molar-refractivity contribution is 9.10. The van der Waals surface area contributed by atoms with Crippen molar-refractivity contribution in [3.05, 3.63) is 52.3 Å². The molecule has 0 fully saturated rings. The number of hydrogen-bond donors (Lipinski definition) is 1. The molecule has 94 valence electrons. The van der Waals surface area contributed by atoms with Gasteiger partial charge in [0.05, 0.1) is 5.69 Å². The number of carbonyl (C=O) groups is 1. The van der Waals surface area contributed by atoms with Crippen LogP contribution in [0.5, 0.6) is 0 Å². The van der Waals surface area contributed by atoms with E-state index in [2.05, 4.69) is 21.2 Å². The first-order valence-corrected chi connectivity index (χ1v) is 6.64. The first kappa shape index (κ1) is 12.9. The predicted octanol–water partition coefficient (Wildman–Crippen LogP) is 3.83. The monoisotopic (exact) mass is 306 g/mol. The van der Waals surface area contributed by atoms with Crippen LogP contribution in [-0.4, -0.2) is 10.5 Å². The Morgan fingerprint density at radius 1 is 1.33 bits per heavy atom. The maximum Gasteiger partial charge on any atom is 0.272 e. The summed E-state index contributed by atoms with van der Waals surface area (Å²) in [6, 6.07) is 9.50. The fraction of sp³-hybridized carbons (Fsp3) is 0.214. The van der Waals surface area contributed by atoms with Gasteiger partial charge in [-0.2, -0.15) is 0 Å². The van der Waals surface area contributed by atoms with Gasteiger partial charge in [-0.25, -0.2) is 0 Å². The molecule has 3 nitrogen and oxygen atoms in total. The van der Waals surface area contributed by atoms with Crippen molar-refractivity contribution in [3.63, 3.8) is 0 Å². The van der Waals surface area contributed by atoms with Crippen LogP contribution in [0.2, 0.25) is 0 Å². The first-order chi connectivity index (χ1) is 8.63. The van der Waals surface area contributed by atoms with Crippen molar-refractivity contribution >= 4 is 27.5 Å². The van der Waals surface area contributed by atoms with Gasteiger partial charge in [0.1, 0.15) is 5.69 Å². The van der Waals surface area contributed by atoms with Crippen LogP contribution in [0, 0.1) is 6.92 Å². The van der Waals surface area contributed by atoms with Gasteiger partial charge in [-0.15, -0.1) is 0 Å². The van der Waals surface area contributed by atoms with Crippen molar-refractivity contribution < 1.29 is 4.79 Å². The van der Waals surface area contributed by atoms with Crippen LogP contribution in [-0.2, 0) is 6.54 Å². The lowest BCUT2D eigenvalue weighted by molar-refractivity contribution is 0.101. The molecule has 1 amide bonds. The highest BCUT2D eigenvalue weighted by Gasteiger charge is 2.12. The van der Waals surface area contributed by atoms with Crippen LogP contribution in [0.4, 0.5) is 5.69 Å². The van der Waals surface area contributed by atoms with Gasteiger partial charge in [-0.05, 0) is 53.5 Å². The second-order valence-corrected chi connectivity index (χ2v) is 4.86. The molecular weight excluding hydrogens is 292 g/mol. The van der Waals surface area contributed by atoms with Crippen molar-refractivity contribution in [1.82, 2.24) is 4.57 Å². The molecular formula is C14H15BrN2O. The molecule has 2 aromatic rings. The summed E-state index contributed by atoms with van der Waals surface area (Å²) in [6.07, 6.45) is 1.90. The number of halogens is 1. The minimum Gasteiger partial charge on any atom is -0.344 e. The van der Waals surface area contributed by atoms with Crippen molar-refractivity contribution in [2.45, 2.75) is 20.4 Å². The van der Waals surface area contributed by atoms with Crippen LogP contribution < -0.4 is 5.32 Å². The third-order valence-electron chi connectivity index (χ3n) is 2.84. The standard InChI is InChI=1S/C14H15BrN2O/c1-3-17-9-5-8-12(17)14(18)16-11-7-4-6-10(2)13(11)15/h4-9H,3H2,1-2H3,(H,16,18). The normalized spacial score (nSPS) is 10.4. The molecule has 1 N–H and O–H groups in total. The highest BCUT2D eigenvalue weighted by atomic mass is 79.9. The third kappa shape index (κ3) is 2.48. The van der Waals surface area contributed by atoms with Gasteiger partial charge >= 0.3 is 0 Å². The second kappa shape index (κ2) is 5.40. The van der Waals surface area contributed by atoms with Crippen molar-refractivity contribution in [2.75, 3.05) is 5.32 Å². The lowest BCUT2D eigenvalue weighted by Gasteiger charge is -2.10. The maximum atomic E-state index is 12.2. The quantitative estimate of drug-likeness (QED) is 0.918. The number of carbonyl (C=O) groups excluding carboxylic acids is 1. The summed E-state index contributed by atoms with van der Waals surface area (Å²) in [5, 5.41) is 2.92. The molecule has 0 spiro atoms. The summed E-state index contributed by atoms with van der Waals surface area (Å²) in [6.45, 7) is 4.79. The summed E-state index contributed by atoms with van der Waals surface area (Å²) < 4.78 is 2.84. The molecule has 1 heterocycles. The number of aromatic nitrogens is 1. The van der Waals surface area contributed by atoms with Crippen molar-refractivity contribution in [3.8, 4) is 0 Å². The molecule has 1 aromatic carbocycles. The van der Waals surface area contributed by atoms with Crippen molar-refractivity contribution in [1.29, 1.82) is 0 Å². The number of amides is 1. The Morgan fingerprint density at radius 2 is 2.11 bits per heavy atom. The Bertz CT molecular complexity index is 575. The topological polar surface area (TPSA) is 34.0 Å². The van der Waals surface area contributed by atoms with E-state index in [0.717, 1.165) is 22.3 Å². The SMILES string of the molecule is CCn1cccc1C(=O)Nc1cccc(C)c1Br. The van der Waals surface area contributed by atoms with Gasteiger partial charge in [-0.3, -0.25) is 4.79 Å². The third-order valence-corrected chi connectivity index (χ3v) is 3.90. The average Bonchev–Trinajstić information content (AvgIpc) is 2.83. The average molecular weight is 307 g/mol. The molecule has 2 rings (SSSR count). The minimum absolute atomic E-state index is 0.0897. The Balaban J connectivity index is 2.24. The zero-order chi connectivity index (χ0) is 13.1. The van der Waals surface area contributed by atoms with Crippen LogP contribution >= 0.6 is 15.9 Å². The number of aryl methyl sites for hydroxylation is 2. The molecule has 18 heavy (non-hydrogen) atoms. The maximum absolute atomic E-state index is 12.2. The molecule has 0 bridgehead atoms. The van der Waals surface area contributed by atoms with Gasteiger partial charge in [0, 0.05) is 17.2 Å². The minimum atomic E-state index is -0.0897. The zero-order valence-electron chi connectivity index (χ0n) is 10.4. The fourth-order valence-electron chi connectivity index (χ4n) is 1.83. The van der Waals surface area contributed by atoms with Gasteiger partial charge in [0.2, 0.25) is 0 Å². The summed E-state index contributed by atoms with van der Waals surface area (Å²) in [5.74, 6) is -0.0897. The molecule has 0 saturated carbocycles. The Hall–Kier alpha value is -1.55. The number of benzene rings is 1. The first-order valence-electron chi connectivity index (χ1n) is 5.85. The lowest BCUT2D eigenvalue weighted by Crippen LogP contribution is -2.16. The van der Waals surface area contributed by atoms with E-state index in [-0.39, 0.29) is 5.91 Å². The van der Waals surface area contributed by atoms with Gasteiger partial charge in [-0.1, -0.05) is 12.1 Å². The largest absolute Gasteiger partial charge is 0.344 e. The Labute approximate surface area is 115 Å². The Morgan fingerprint density at radius 3 is 2.83 bits per heavy atom. The molecule has 0 saturated heterocycles. The summed E-state index contributed by atoms with van der Waals surface area (Å²) in [7, 11) is 0. The van der Waals surface area contributed by atoms with E-state index in [9.17, 15) is 4.79 Å². The molecule has 0 atom stereocenters. The summed E-state index contributed by atoms with van der Waals surface area (Å²) >= 11 is 3.49. The van der Waals surface area contributed by atoms with E-state index in [1.807, 2.05) is 54.9 Å². The number of hydrogen-bond acceptors (Lipinski definition) is 1. The molecule has 0 radical (unpaired) electrons. The van der Waals surface area contributed by atoms with E-state index in [1.165, 1.54) is 0 Å². The predicted molar refractivity (Wildman–Crippen MR) is 76.9 cm³/mol. The smallest absolute Gasteiger partial charge is 0.272 e. The molecule has 4 heteroatoms. The van der Waals surface area contributed by atoms with Gasteiger partial charge in [0.25, 0.3) is 5.91 Å². The van der Waals surface area contributed by atoms with E-state index in [1.54, 1.807) is 0 Å². The molecule has 1 aromatic heterocycles. The Kier molecular flexibility index (Phi) is 3.87. The van der Waals surface area contributed by atoms with E-state index in [0.29, 0.717) is 5.69 Å². The van der Waals surface area contributed by atoms with Crippen molar-refractivity contribution in [2.24, 2.45) is 0 Å². The number of nitrogens with zero attached hydrogens (tertiary/aromatic N) is 1. The van der Waals surface area contributed by atoms with Crippen LogP contribution in [0.15, 0.2) is 41.0 Å². The number of nitrogens with one attached hydrogen (secondary N) is 1. The van der Waals surface area contributed by atoms with E-state index in [4.69, 9.17) is 0 Å². The highest BCUT2D eigenvalue weighted by Crippen LogP contribution is 2.26. The fourth-order valence-corrected chi connectivity index (χ4v) is 2.19. The van der Waals surface area contributed by atoms with E-state index >= 15 is 0 Å². The van der Waals surface area contributed by atoms with Gasteiger partial charge < -0.3 is 9.88 Å². The molecule has 0 aliphatic heterocycles. The van der Waals surface area contributed by atoms with Crippen LogP contribution in [0.3, 0.4) is 0 Å². The molecule has 0 aliphatic rings. The van der Waals surface area contributed by atoms with Crippen LogP contribution in [0.1, 0.15) is 23.0 Å². The summed E-state index contributed by atoms with van der Waals surface area (Å²) in [4.78, 5) is 12.2. The number of anilines is 1.